The van der Waals surface area contributed by atoms with Gasteiger partial charge in [-0.3, -0.25) is 4.79 Å². The van der Waals surface area contributed by atoms with Gasteiger partial charge >= 0.3 is 0 Å². The largest absolute Gasteiger partial charge is 0.494 e. The molecule has 4 rings (SSSR count). The zero-order chi connectivity index (χ0) is 18.8. The average molecular weight is 377 g/mol. The Bertz CT molecular complexity index is 1130. The third kappa shape index (κ3) is 3.38. The minimum absolute atomic E-state index is 0.154. The van der Waals surface area contributed by atoms with E-state index in [1.165, 1.54) is 4.88 Å². The van der Waals surface area contributed by atoms with Crippen LogP contribution in [0.3, 0.4) is 0 Å². The molecule has 0 unspecified atom stereocenters. The second-order valence-electron chi connectivity index (χ2n) is 6.48. The molecule has 0 spiro atoms. The van der Waals surface area contributed by atoms with E-state index in [9.17, 15) is 10.1 Å². The molecule has 0 amide bonds. The van der Waals surface area contributed by atoms with Crippen molar-refractivity contribution in [1.29, 1.82) is 5.26 Å². The van der Waals surface area contributed by atoms with Gasteiger partial charge < -0.3 is 9.72 Å². The Hall–Kier alpha value is -2.91. The third-order valence-corrected chi connectivity index (χ3v) is 5.87. The van der Waals surface area contributed by atoms with Gasteiger partial charge in [-0.25, -0.2) is 4.98 Å². The summed E-state index contributed by atoms with van der Waals surface area (Å²) in [5.41, 5.74) is 2.15. The molecule has 0 atom stereocenters. The summed E-state index contributed by atoms with van der Waals surface area (Å²) in [5, 5.41) is 10.3. The minimum atomic E-state index is -0.154. The van der Waals surface area contributed by atoms with Crippen molar-refractivity contribution in [3.8, 4) is 11.8 Å². The number of nitrogens with one attached hydrogen (secondary N) is 1. The van der Waals surface area contributed by atoms with Gasteiger partial charge in [0, 0.05) is 4.88 Å². The molecule has 27 heavy (non-hydrogen) atoms. The minimum Gasteiger partial charge on any atom is -0.494 e. The summed E-state index contributed by atoms with van der Waals surface area (Å²) in [5.74, 6) is 1.06. The van der Waals surface area contributed by atoms with Crippen molar-refractivity contribution in [2.75, 3.05) is 6.61 Å². The molecule has 136 valence electrons. The first kappa shape index (κ1) is 17.5. The predicted octanol–water partition coefficient (Wildman–Crippen LogP) is 4.33. The van der Waals surface area contributed by atoms with Gasteiger partial charge in [-0.1, -0.05) is 12.1 Å². The number of aryl methyl sites for hydroxylation is 2. The number of aromatic amines is 1. The fraction of sp³-hybridized carbons (Fsp3) is 0.286. The number of nitrogens with zero attached hydrogens (tertiary/aromatic N) is 2. The van der Waals surface area contributed by atoms with Crippen LogP contribution in [0, 0.1) is 11.3 Å². The van der Waals surface area contributed by atoms with Gasteiger partial charge in [-0.15, -0.1) is 11.3 Å². The van der Waals surface area contributed by atoms with Crippen LogP contribution in [0.25, 0.3) is 21.9 Å². The van der Waals surface area contributed by atoms with Crippen molar-refractivity contribution in [3.63, 3.8) is 0 Å². The summed E-state index contributed by atoms with van der Waals surface area (Å²) in [6, 6.07) is 9.66. The molecule has 2 heterocycles. The highest BCUT2D eigenvalue weighted by Crippen LogP contribution is 2.34. The Morgan fingerprint density at radius 1 is 1.41 bits per heavy atom. The SMILES string of the molecule is CCOc1cccc(/C=C(\C#N)c2nc3sc4c(c3c(=O)[nH]2)CCCC4)c1. The van der Waals surface area contributed by atoms with Crippen LogP contribution in [-0.2, 0) is 12.8 Å². The molecule has 5 nitrogen and oxygen atoms in total. The third-order valence-electron chi connectivity index (χ3n) is 4.68. The van der Waals surface area contributed by atoms with E-state index in [4.69, 9.17) is 4.74 Å². The first-order chi connectivity index (χ1) is 13.2. The van der Waals surface area contributed by atoms with Crippen LogP contribution >= 0.6 is 11.3 Å². The van der Waals surface area contributed by atoms with E-state index in [1.54, 1.807) is 17.4 Å². The lowest BCUT2D eigenvalue weighted by molar-refractivity contribution is 0.340. The predicted molar refractivity (Wildman–Crippen MR) is 108 cm³/mol. The zero-order valence-electron chi connectivity index (χ0n) is 15.0. The highest BCUT2D eigenvalue weighted by molar-refractivity contribution is 7.18. The van der Waals surface area contributed by atoms with E-state index >= 15 is 0 Å². The second kappa shape index (κ2) is 7.37. The van der Waals surface area contributed by atoms with E-state index < -0.39 is 0 Å². The summed E-state index contributed by atoms with van der Waals surface area (Å²) in [6.07, 6.45) is 5.94. The fourth-order valence-electron chi connectivity index (χ4n) is 3.47. The molecule has 1 aliphatic carbocycles. The maximum absolute atomic E-state index is 12.7. The van der Waals surface area contributed by atoms with Crippen LogP contribution in [0.15, 0.2) is 29.1 Å². The molecule has 0 fully saturated rings. The number of benzene rings is 1. The molecule has 0 aliphatic heterocycles. The standard InChI is InChI=1S/C21H19N3O2S/c1-2-26-15-7-5-6-13(11-15)10-14(12-22)19-23-20(25)18-16-8-3-4-9-17(16)27-21(18)24-19/h5-7,10-11H,2-4,8-9H2,1H3,(H,23,24,25)/b14-10+. The number of H-pyrrole nitrogens is 1. The Morgan fingerprint density at radius 3 is 3.07 bits per heavy atom. The molecule has 1 N–H and O–H groups in total. The van der Waals surface area contributed by atoms with Gasteiger partial charge in [0.2, 0.25) is 0 Å². The quantitative estimate of drug-likeness (QED) is 0.687. The Morgan fingerprint density at radius 2 is 2.26 bits per heavy atom. The number of ether oxygens (including phenoxy) is 1. The molecule has 2 aromatic heterocycles. The van der Waals surface area contributed by atoms with Crippen LogP contribution in [0.5, 0.6) is 5.75 Å². The molecule has 3 aromatic rings. The number of allylic oxidation sites excluding steroid dienone is 1. The summed E-state index contributed by atoms with van der Waals surface area (Å²) in [7, 11) is 0. The van der Waals surface area contributed by atoms with E-state index in [-0.39, 0.29) is 5.56 Å². The normalized spacial score (nSPS) is 14.0. The zero-order valence-corrected chi connectivity index (χ0v) is 15.9. The van der Waals surface area contributed by atoms with E-state index in [2.05, 4.69) is 16.0 Å². The van der Waals surface area contributed by atoms with E-state index in [0.717, 1.165) is 47.4 Å². The summed E-state index contributed by atoms with van der Waals surface area (Å²) in [4.78, 5) is 22.1. The van der Waals surface area contributed by atoms with Gasteiger partial charge in [0.05, 0.1) is 17.6 Å². The summed E-state index contributed by atoms with van der Waals surface area (Å²) >= 11 is 1.58. The van der Waals surface area contributed by atoms with Crippen molar-refractivity contribution < 1.29 is 4.74 Å². The number of nitriles is 1. The van der Waals surface area contributed by atoms with Crippen molar-refractivity contribution in [3.05, 3.63) is 56.4 Å². The highest BCUT2D eigenvalue weighted by Gasteiger charge is 2.20. The number of hydrogen-bond donors (Lipinski definition) is 1. The maximum atomic E-state index is 12.7. The van der Waals surface area contributed by atoms with Crippen molar-refractivity contribution in [2.24, 2.45) is 0 Å². The molecule has 6 heteroatoms. The Labute approximate surface area is 161 Å². The fourth-order valence-corrected chi connectivity index (χ4v) is 4.73. The van der Waals surface area contributed by atoms with Gasteiger partial charge in [0.1, 0.15) is 16.6 Å². The molecule has 0 radical (unpaired) electrons. The number of aromatic nitrogens is 2. The number of rotatable bonds is 4. The number of thiophene rings is 1. The second-order valence-corrected chi connectivity index (χ2v) is 7.56. The lowest BCUT2D eigenvalue weighted by atomic mass is 9.97. The van der Waals surface area contributed by atoms with Gasteiger partial charge in [0.15, 0.2) is 5.82 Å². The molecule has 0 saturated carbocycles. The summed E-state index contributed by atoms with van der Waals surface area (Å²) < 4.78 is 5.51. The first-order valence-corrected chi connectivity index (χ1v) is 9.91. The van der Waals surface area contributed by atoms with Crippen LogP contribution in [0.1, 0.15) is 41.6 Å². The van der Waals surface area contributed by atoms with E-state index in [1.807, 2.05) is 31.2 Å². The van der Waals surface area contributed by atoms with Crippen molar-refractivity contribution >= 4 is 33.2 Å². The molecule has 0 saturated heterocycles. The van der Waals surface area contributed by atoms with Gasteiger partial charge in [-0.05, 0) is 61.9 Å². The van der Waals surface area contributed by atoms with Gasteiger partial charge in [0.25, 0.3) is 5.56 Å². The first-order valence-electron chi connectivity index (χ1n) is 9.09. The maximum Gasteiger partial charge on any atom is 0.260 e. The topological polar surface area (TPSA) is 78.8 Å². The highest BCUT2D eigenvalue weighted by atomic mass is 32.1. The Balaban J connectivity index is 1.79. The van der Waals surface area contributed by atoms with Crippen molar-refractivity contribution in [1.82, 2.24) is 9.97 Å². The average Bonchev–Trinajstić information content (AvgIpc) is 3.05. The van der Waals surface area contributed by atoms with Crippen LogP contribution in [0.4, 0.5) is 0 Å². The lowest BCUT2D eigenvalue weighted by Gasteiger charge is -2.09. The number of hydrogen-bond acceptors (Lipinski definition) is 5. The van der Waals surface area contributed by atoms with Crippen LogP contribution < -0.4 is 10.3 Å². The molecule has 0 bridgehead atoms. The summed E-state index contributed by atoms with van der Waals surface area (Å²) in [6.45, 7) is 2.50. The molecule has 1 aromatic carbocycles. The van der Waals surface area contributed by atoms with Crippen LogP contribution in [-0.4, -0.2) is 16.6 Å². The van der Waals surface area contributed by atoms with Crippen molar-refractivity contribution in [2.45, 2.75) is 32.6 Å². The molecule has 1 aliphatic rings. The van der Waals surface area contributed by atoms with E-state index in [0.29, 0.717) is 23.4 Å². The van der Waals surface area contributed by atoms with Crippen LogP contribution in [0.2, 0.25) is 0 Å². The number of fused-ring (bicyclic) bond motifs is 3. The molecular weight excluding hydrogens is 358 g/mol. The van der Waals surface area contributed by atoms with Gasteiger partial charge in [-0.2, -0.15) is 5.26 Å². The Kier molecular flexibility index (Phi) is 4.78. The monoisotopic (exact) mass is 377 g/mol. The smallest absolute Gasteiger partial charge is 0.260 e. The molecular formula is C21H19N3O2S. The lowest BCUT2D eigenvalue weighted by Crippen LogP contribution is -2.12.